The Morgan fingerprint density at radius 1 is 1.36 bits per heavy atom. The van der Waals surface area contributed by atoms with Crippen LogP contribution in [0.5, 0.6) is 5.88 Å². The predicted molar refractivity (Wildman–Crippen MR) is 83.8 cm³/mol. The summed E-state index contributed by atoms with van der Waals surface area (Å²) in [6.45, 7) is 4.05. The van der Waals surface area contributed by atoms with Crippen molar-refractivity contribution in [3.05, 3.63) is 24.1 Å². The molecule has 4 nitrogen and oxygen atoms in total. The molecular formula is C16H21FN2O2S. The van der Waals surface area contributed by atoms with Crippen LogP contribution in [0, 0.1) is 5.82 Å². The van der Waals surface area contributed by atoms with Crippen molar-refractivity contribution in [3.8, 4) is 5.88 Å². The minimum absolute atomic E-state index is 0.0752. The number of hydrogen-bond acceptors (Lipinski definition) is 5. The molecular weight excluding hydrogens is 303 g/mol. The molecule has 1 spiro atoms. The summed E-state index contributed by atoms with van der Waals surface area (Å²) < 4.78 is 25.1. The SMILES string of the molecule is Fc1cccnc1O[C@H]1CSC2(C1)CN(C1CCOCC1)C2. The van der Waals surface area contributed by atoms with Crippen LogP contribution in [0.1, 0.15) is 19.3 Å². The number of likely N-dealkylation sites (tertiary alicyclic amines) is 1. The first kappa shape index (κ1) is 14.7. The normalized spacial score (nSPS) is 28.7. The minimum atomic E-state index is -0.370. The molecule has 4 heterocycles. The summed E-state index contributed by atoms with van der Waals surface area (Å²) in [5.74, 6) is 0.703. The Kier molecular flexibility index (Phi) is 4.00. The molecule has 1 atom stereocenters. The van der Waals surface area contributed by atoms with Crippen LogP contribution in [0.4, 0.5) is 4.39 Å². The Balaban J connectivity index is 1.31. The summed E-state index contributed by atoms with van der Waals surface area (Å²) in [5.41, 5.74) is 0. The Labute approximate surface area is 134 Å². The third-order valence-electron chi connectivity index (χ3n) is 4.87. The average Bonchev–Trinajstić information content (AvgIpc) is 2.93. The smallest absolute Gasteiger partial charge is 0.250 e. The lowest BCUT2D eigenvalue weighted by Crippen LogP contribution is -2.62. The van der Waals surface area contributed by atoms with Crippen LogP contribution in [-0.4, -0.2) is 58.8 Å². The third kappa shape index (κ3) is 2.84. The van der Waals surface area contributed by atoms with E-state index < -0.39 is 0 Å². The molecule has 0 bridgehead atoms. The van der Waals surface area contributed by atoms with Gasteiger partial charge in [0.2, 0.25) is 0 Å². The van der Waals surface area contributed by atoms with E-state index in [4.69, 9.17) is 9.47 Å². The Hall–Kier alpha value is -0.850. The standard InChI is InChI=1S/C16H21FN2O2S/c17-14-2-1-5-18-15(14)21-13-8-16(22-9-13)10-19(11-16)12-3-6-20-7-4-12/h1-2,5,12-13H,3-4,6-11H2/t13-/m1/s1. The summed E-state index contributed by atoms with van der Waals surface area (Å²) in [6.07, 6.45) is 4.95. The molecule has 0 aliphatic carbocycles. The first-order valence-corrected chi connectivity index (χ1v) is 8.96. The van der Waals surface area contributed by atoms with Gasteiger partial charge in [-0.2, -0.15) is 0 Å². The topological polar surface area (TPSA) is 34.6 Å². The maximum atomic E-state index is 13.6. The van der Waals surface area contributed by atoms with Crippen molar-refractivity contribution in [2.75, 3.05) is 32.1 Å². The summed E-state index contributed by atoms with van der Waals surface area (Å²) in [7, 11) is 0. The van der Waals surface area contributed by atoms with Gasteiger partial charge in [-0.05, 0) is 25.0 Å². The number of ether oxygens (including phenoxy) is 2. The van der Waals surface area contributed by atoms with E-state index in [-0.39, 0.29) is 17.8 Å². The lowest BCUT2D eigenvalue weighted by atomic mass is 9.89. The highest BCUT2D eigenvalue weighted by molar-refractivity contribution is 8.01. The van der Waals surface area contributed by atoms with Crippen molar-refractivity contribution in [3.63, 3.8) is 0 Å². The maximum Gasteiger partial charge on any atom is 0.250 e. The molecule has 120 valence electrons. The largest absolute Gasteiger partial charge is 0.471 e. The summed E-state index contributed by atoms with van der Waals surface area (Å²) >= 11 is 1.98. The monoisotopic (exact) mass is 324 g/mol. The molecule has 0 radical (unpaired) electrons. The molecule has 0 amide bonds. The number of rotatable bonds is 3. The molecule has 22 heavy (non-hydrogen) atoms. The zero-order valence-electron chi connectivity index (χ0n) is 12.5. The lowest BCUT2D eigenvalue weighted by molar-refractivity contribution is -0.00970. The minimum Gasteiger partial charge on any atom is -0.471 e. The zero-order chi connectivity index (χ0) is 15.0. The van der Waals surface area contributed by atoms with Crippen LogP contribution < -0.4 is 4.74 Å². The zero-order valence-corrected chi connectivity index (χ0v) is 13.4. The van der Waals surface area contributed by atoms with Gasteiger partial charge in [-0.25, -0.2) is 9.37 Å². The summed E-state index contributed by atoms with van der Waals surface area (Å²) in [5, 5.41) is 0. The maximum absolute atomic E-state index is 13.6. The van der Waals surface area contributed by atoms with Crippen molar-refractivity contribution in [2.45, 2.75) is 36.2 Å². The van der Waals surface area contributed by atoms with E-state index in [9.17, 15) is 4.39 Å². The molecule has 1 aromatic rings. The van der Waals surface area contributed by atoms with Crippen molar-refractivity contribution in [1.29, 1.82) is 0 Å². The van der Waals surface area contributed by atoms with E-state index >= 15 is 0 Å². The van der Waals surface area contributed by atoms with E-state index in [1.54, 1.807) is 12.3 Å². The molecule has 3 fully saturated rings. The van der Waals surface area contributed by atoms with Crippen LogP contribution in [0.2, 0.25) is 0 Å². The number of aromatic nitrogens is 1. The Morgan fingerprint density at radius 3 is 2.95 bits per heavy atom. The first-order valence-electron chi connectivity index (χ1n) is 7.97. The van der Waals surface area contributed by atoms with Crippen LogP contribution in [-0.2, 0) is 4.74 Å². The van der Waals surface area contributed by atoms with Crippen molar-refractivity contribution in [2.24, 2.45) is 0 Å². The summed E-state index contributed by atoms with van der Waals surface area (Å²) in [6, 6.07) is 3.68. The quantitative estimate of drug-likeness (QED) is 0.853. The van der Waals surface area contributed by atoms with Crippen LogP contribution in [0.25, 0.3) is 0 Å². The number of nitrogens with zero attached hydrogens (tertiary/aromatic N) is 2. The van der Waals surface area contributed by atoms with Gasteiger partial charge < -0.3 is 9.47 Å². The van der Waals surface area contributed by atoms with Crippen LogP contribution >= 0.6 is 11.8 Å². The van der Waals surface area contributed by atoms with Gasteiger partial charge in [-0.1, -0.05) is 0 Å². The number of pyridine rings is 1. The van der Waals surface area contributed by atoms with E-state index in [2.05, 4.69) is 9.88 Å². The molecule has 0 unspecified atom stereocenters. The van der Waals surface area contributed by atoms with Gasteiger partial charge in [-0.3, -0.25) is 4.90 Å². The predicted octanol–water partition coefficient (Wildman–Crippen LogP) is 2.34. The second-order valence-corrected chi connectivity index (χ2v) is 7.96. The first-order chi connectivity index (χ1) is 10.7. The highest BCUT2D eigenvalue weighted by Gasteiger charge is 2.51. The average molecular weight is 324 g/mol. The van der Waals surface area contributed by atoms with Gasteiger partial charge in [0.1, 0.15) is 6.10 Å². The van der Waals surface area contributed by atoms with E-state index in [1.807, 2.05) is 11.8 Å². The molecule has 4 rings (SSSR count). The van der Waals surface area contributed by atoms with Crippen molar-refractivity contribution < 1.29 is 13.9 Å². The van der Waals surface area contributed by atoms with Gasteiger partial charge >= 0.3 is 0 Å². The fourth-order valence-electron chi connectivity index (χ4n) is 3.72. The molecule has 3 aliphatic heterocycles. The highest BCUT2D eigenvalue weighted by atomic mass is 32.2. The van der Waals surface area contributed by atoms with Crippen LogP contribution in [0.3, 0.4) is 0 Å². The van der Waals surface area contributed by atoms with E-state index in [0.29, 0.717) is 10.8 Å². The molecule has 3 aliphatic rings. The van der Waals surface area contributed by atoms with E-state index in [1.165, 1.54) is 6.07 Å². The third-order valence-corrected chi connectivity index (χ3v) is 6.44. The Bertz CT molecular complexity index is 533. The van der Waals surface area contributed by atoms with E-state index in [0.717, 1.165) is 51.3 Å². The molecule has 6 heteroatoms. The fourth-order valence-corrected chi connectivity index (χ4v) is 5.26. The van der Waals surface area contributed by atoms with Gasteiger partial charge in [0, 0.05) is 55.5 Å². The number of hydrogen-bond donors (Lipinski definition) is 0. The molecule has 1 aromatic heterocycles. The molecule has 0 aromatic carbocycles. The van der Waals surface area contributed by atoms with Crippen molar-refractivity contribution >= 4 is 11.8 Å². The Morgan fingerprint density at radius 2 is 2.18 bits per heavy atom. The van der Waals surface area contributed by atoms with Gasteiger partial charge in [0.25, 0.3) is 5.88 Å². The number of thioether (sulfide) groups is 1. The fraction of sp³-hybridized carbons (Fsp3) is 0.688. The number of halogens is 1. The van der Waals surface area contributed by atoms with Crippen molar-refractivity contribution in [1.82, 2.24) is 9.88 Å². The highest BCUT2D eigenvalue weighted by Crippen LogP contribution is 2.47. The van der Waals surface area contributed by atoms with Gasteiger partial charge in [0.15, 0.2) is 5.82 Å². The second kappa shape index (κ2) is 5.98. The van der Waals surface area contributed by atoms with Gasteiger partial charge in [0.05, 0.1) is 0 Å². The molecule has 0 saturated carbocycles. The summed E-state index contributed by atoms with van der Waals surface area (Å²) in [4.78, 5) is 6.57. The van der Waals surface area contributed by atoms with Crippen LogP contribution in [0.15, 0.2) is 18.3 Å². The van der Waals surface area contributed by atoms with Gasteiger partial charge in [-0.15, -0.1) is 11.8 Å². The second-order valence-electron chi connectivity index (χ2n) is 6.48. The molecule has 0 N–H and O–H groups in total. The lowest BCUT2D eigenvalue weighted by Gasteiger charge is -2.52. The molecule has 3 saturated heterocycles.